The number of alkyl halides is 3. The van der Waals surface area contributed by atoms with Crippen LogP contribution in [0.2, 0.25) is 0 Å². The average Bonchev–Trinajstić information content (AvgIpc) is 2.70. The molecule has 2 rings (SSSR count). The fourth-order valence-corrected chi connectivity index (χ4v) is 2.36. The Morgan fingerprint density at radius 2 is 2.05 bits per heavy atom. The van der Waals surface area contributed by atoms with Crippen LogP contribution in [-0.4, -0.2) is 18.4 Å². The zero-order chi connectivity index (χ0) is 15.1. The zero-order valence-electron chi connectivity index (χ0n) is 10.7. The van der Waals surface area contributed by atoms with Gasteiger partial charge in [-0.25, -0.2) is 0 Å². The van der Waals surface area contributed by atoms with E-state index in [1.54, 1.807) is 0 Å². The Balaban J connectivity index is 2.48. The molecule has 108 valence electrons. The summed E-state index contributed by atoms with van der Waals surface area (Å²) in [5, 5.41) is 0. The maximum atomic E-state index is 13.0. The van der Waals surface area contributed by atoms with Crippen molar-refractivity contribution in [1.29, 1.82) is 0 Å². The lowest BCUT2D eigenvalue weighted by molar-refractivity contribution is -0.137. The van der Waals surface area contributed by atoms with Crippen LogP contribution in [0.5, 0.6) is 0 Å². The lowest BCUT2D eigenvalue weighted by Crippen LogP contribution is -2.30. The van der Waals surface area contributed by atoms with Crippen LogP contribution in [0.4, 0.5) is 18.9 Å². The summed E-state index contributed by atoms with van der Waals surface area (Å²) < 4.78 is 39.1. The third-order valence-corrected chi connectivity index (χ3v) is 3.34. The smallest absolute Gasteiger partial charge is 0.369 e. The Bertz CT molecular complexity index is 569. The summed E-state index contributed by atoms with van der Waals surface area (Å²) in [4.78, 5) is 24.0. The minimum atomic E-state index is -4.56. The predicted octanol–water partition coefficient (Wildman–Crippen LogP) is 1.85. The number of hydrogen-bond donors (Lipinski definition) is 1. The number of rotatable bonds is 2. The van der Waals surface area contributed by atoms with E-state index in [9.17, 15) is 22.8 Å². The standard InChI is InChI=1S/C13H13F3N2O2/c1-7-3-2-4-9(13(14,15)16)11(7)18-6-8(12(17)20)5-10(18)19/h2-4,8H,5-6H2,1H3,(H2,17,20). The van der Waals surface area contributed by atoms with Crippen molar-refractivity contribution in [3.63, 3.8) is 0 Å². The molecular weight excluding hydrogens is 273 g/mol. The summed E-state index contributed by atoms with van der Waals surface area (Å²) in [5.41, 5.74) is 4.39. The Labute approximate surface area is 113 Å². The van der Waals surface area contributed by atoms with Crippen LogP contribution in [0.3, 0.4) is 0 Å². The summed E-state index contributed by atoms with van der Waals surface area (Å²) in [5.74, 6) is -1.94. The summed E-state index contributed by atoms with van der Waals surface area (Å²) in [7, 11) is 0. The fraction of sp³-hybridized carbons (Fsp3) is 0.385. The van der Waals surface area contributed by atoms with Crippen LogP contribution in [0.15, 0.2) is 18.2 Å². The number of benzene rings is 1. The number of nitrogens with zero attached hydrogens (tertiary/aromatic N) is 1. The maximum absolute atomic E-state index is 13.0. The molecule has 1 aromatic carbocycles. The Morgan fingerprint density at radius 3 is 2.55 bits per heavy atom. The monoisotopic (exact) mass is 286 g/mol. The number of carbonyl (C=O) groups excluding carboxylic acids is 2. The van der Waals surface area contributed by atoms with Gasteiger partial charge in [0.15, 0.2) is 0 Å². The van der Waals surface area contributed by atoms with Gasteiger partial charge in [0.2, 0.25) is 11.8 Å². The molecule has 0 radical (unpaired) electrons. The van der Waals surface area contributed by atoms with Gasteiger partial charge in [0.25, 0.3) is 0 Å². The third kappa shape index (κ3) is 2.48. The van der Waals surface area contributed by atoms with Crippen molar-refractivity contribution < 1.29 is 22.8 Å². The van der Waals surface area contributed by atoms with E-state index in [1.165, 1.54) is 19.1 Å². The minimum absolute atomic E-state index is 0.109. The van der Waals surface area contributed by atoms with E-state index >= 15 is 0 Å². The molecule has 2 N–H and O–H groups in total. The van der Waals surface area contributed by atoms with E-state index in [-0.39, 0.29) is 18.7 Å². The van der Waals surface area contributed by atoms with Gasteiger partial charge >= 0.3 is 6.18 Å². The van der Waals surface area contributed by atoms with Gasteiger partial charge in [-0.3, -0.25) is 9.59 Å². The van der Waals surface area contributed by atoms with Crippen LogP contribution in [-0.2, 0) is 15.8 Å². The topological polar surface area (TPSA) is 63.4 Å². The highest BCUT2D eigenvalue weighted by Crippen LogP contribution is 2.40. The number of nitrogens with two attached hydrogens (primary N) is 1. The lowest BCUT2D eigenvalue weighted by Gasteiger charge is -2.23. The molecule has 1 unspecified atom stereocenters. The molecule has 0 aromatic heterocycles. The van der Waals surface area contributed by atoms with Crippen molar-refractivity contribution in [2.45, 2.75) is 19.5 Å². The van der Waals surface area contributed by atoms with E-state index in [0.29, 0.717) is 5.56 Å². The molecule has 2 amide bonds. The van der Waals surface area contributed by atoms with Crippen LogP contribution in [0.1, 0.15) is 17.5 Å². The Hall–Kier alpha value is -2.05. The summed E-state index contributed by atoms with van der Waals surface area (Å²) in [6.07, 6.45) is -4.71. The van der Waals surface area contributed by atoms with Crippen molar-refractivity contribution >= 4 is 17.5 Å². The predicted molar refractivity (Wildman–Crippen MR) is 65.8 cm³/mol. The summed E-state index contributed by atoms with van der Waals surface area (Å²) in [6, 6.07) is 3.70. The molecule has 0 spiro atoms. The first kappa shape index (κ1) is 14.4. The van der Waals surface area contributed by atoms with Gasteiger partial charge in [-0.1, -0.05) is 12.1 Å². The largest absolute Gasteiger partial charge is 0.418 e. The van der Waals surface area contributed by atoms with Gasteiger partial charge in [0.1, 0.15) is 0 Å². The van der Waals surface area contributed by atoms with Crippen molar-refractivity contribution in [2.24, 2.45) is 11.7 Å². The van der Waals surface area contributed by atoms with Gasteiger partial charge in [-0.15, -0.1) is 0 Å². The highest BCUT2D eigenvalue weighted by Gasteiger charge is 2.41. The highest BCUT2D eigenvalue weighted by molar-refractivity contribution is 6.01. The molecule has 1 heterocycles. The number of hydrogen-bond acceptors (Lipinski definition) is 2. The van der Waals surface area contributed by atoms with Crippen molar-refractivity contribution in [3.8, 4) is 0 Å². The Morgan fingerprint density at radius 1 is 1.40 bits per heavy atom. The molecule has 4 nitrogen and oxygen atoms in total. The average molecular weight is 286 g/mol. The molecule has 1 fully saturated rings. The number of amides is 2. The number of para-hydroxylation sites is 1. The van der Waals surface area contributed by atoms with Crippen LogP contribution in [0, 0.1) is 12.8 Å². The Kier molecular flexibility index (Phi) is 3.45. The summed E-state index contributed by atoms with van der Waals surface area (Å²) in [6.45, 7) is 1.39. The molecule has 1 aliphatic rings. The maximum Gasteiger partial charge on any atom is 0.418 e. The number of carbonyl (C=O) groups is 2. The lowest BCUT2D eigenvalue weighted by atomic mass is 10.1. The van der Waals surface area contributed by atoms with Crippen LogP contribution in [0.25, 0.3) is 0 Å². The number of aryl methyl sites for hydroxylation is 1. The van der Waals surface area contributed by atoms with E-state index < -0.39 is 29.5 Å². The van der Waals surface area contributed by atoms with E-state index in [1.807, 2.05) is 0 Å². The minimum Gasteiger partial charge on any atom is -0.369 e. The van der Waals surface area contributed by atoms with Gasteiger partial charge in [-0.2, -0.15) is 13.2 Å². The van der Waals surface area contributed by atoms with Gasteiger partial charge in [-0.05, 0) is 18.6 Å². The van der Waals surface area contributed by atoms with Gasteiger partial charge in [0.05, 0.1) is 17.2 Å². The molecule has 20 heavy (non-hydrogen) atoms. The second kappa shape index (κ2) is 4.81. The van der Waals surface area contributed by atoms with E-state index in [4.69, 9.17) is 5.73 Å². The molecule has 7 heteroatoms. The number of halogens is 3. The highest BCUT2D eigenvalue weighted by atomic mass is 19.4. The van der Waals surface area contributed by atoms with E-state index in [2.05, 4.69) is 0 Å². The van der Waals surface area contributed by atoms with E-state index in [0.717, 1.165) is 11.0 Å². The second-order valence-electron chi connectivity index (χ2n) is 4.78. The molecule has 0 bridgehead atoms. The van der Waals surface area contributed by atoms with Crippen LogP contribution < -0.4 is 10.6 Å². The molecule has 1 atom stereocenters. The molecule has 1 aliphatic heterocycles. The molecule has 1 aromatic rings. The van der Waals surface area contributed by atoms with Gasteiger partial charge < -0.3 is 10.6 Å². The zero-order valence-corrected chi connectivity index (χ0v) is 10.7. The third-order valence-electron chi connectivity index (χ3n) is 3.34. The van der Waals surface area contributed by atoms with Gasteiger partial charge in [0, 0.05) is 13.0 Å². The number of primary amides is 1. The van der Waals surface area contributed by atoms with Crippen LogP contribution >= 0.6 is 0 Å². The normalized spacial score (nSPS) is 19.5. The molecule has 1 saturated heterocycles. The first-order chi connectivity index (χ1) is 9.21. The van der Waals surface area contributed by atoms with Crippen molar-refractivity contribution in [1.82, 2.24) is 0 Å². The molecular formula is C13H13F3N2O2. The quantitative estimate of drug-likeness (QED) is 0.901. The molecule has 0 aliphatic carbocycles. The molecule has 0 saturated carbocycles. The number of anilines is 1. The van der Waals surface area contributed by atoms with Crippen molar-refractivity contribution in [2.75, 3.05) is 11.4 Å². The first-order valence-corrected chi connectivity index (χ1v) is 5.98. The van der Waals surface area contributed by atoms with Crippen molar-refractivity contribution in [3.05, 3.63) is 29.3 Å². The summed E-state index contributed by atoms with van der Waals surface area (Å²) >= 11 is 0. The second-order valence-corrected chi connectivity index (χ2v) is 4.78. The SMILES string of the molecule is Cc1cccc(C(F)(F)F)c1N1CC(C(N)=O)CC1=O. The fourth-order valence-electron chi connectivity index (χ4n) is 2.36. The first-order valence-electron chi connectivity index (χ1n) is 5.98.